The van der Waals surface area contributed by atoms with Crippen molar-refractivity contribution in [2.75, 3.05) is 18.1 Å². The van der Waals surface area contributed by atoms with Crippen molar-refractivity contribution in [3.8, 4) is 5.75 Å². The van der Waals surface area contributed by atoms with Gasteiger partial charge in [-0.1, -0.05) is 32.0 Å². The van der Waals surface area contributed by atoms with E-state index in [4.69, 9.17) is 23.5 Å². The van der Waals surface area contributed by atoms with Crippen LogP contribution in [0.3, 0.4) is 0 Å². The second kappa shape index (κ2) is 11.1. The normalized spacial score (nSPS) is 16.3. The number of ether oxygens (including phenoxy) is 1. The molecular weight excluding hydrogens is 501 g/mol. The van der Waals surface area contributed by atoms with Gasteiger partial charge in [0, 0.05) is 24.3 Å². The fourth-order valence-corrected chi connectivity index (χ4v) is 4.80. The number of halogens is 3. The molecule has 37 heavy (non-hydrogen) atoms. The largest absolute Gasteiger partial charge is 0.494 e. The van der Waals surface area contributed by atoms with Gasteiger partial charge in [0.1, 0.15) is 11.3 Å². The predicted molar refractivity (Wildman–Crippen MR) is 142 cm³/mol. The number of nitrogens with zero attached hydrogens (tertiary/aromatic N) is 3. The van der Waals surface area contributed by atoms with Crippen molar-refractivity contribution >= 4 is 34.6 Å². The van der Waals surface area contributed by atoms with Crippen molar-refractivity contribution in [2.24, 2.45) is 0 Å². The Hall–Kier alpha value is -3.16. The number of carbonyl (C=O) groups excluding carboxylic acids is 1. The molecule has 0 saturated carbocycles. The molecule has 1 fully saturated rings. The van der Waals surface area contributed by atoms with Crippen LogP contribution in [0.5, 0.6) is 5.75 Å². The van der Waals surface area contributed by atoms with Crippen molar-refractivity contribution in [1.82, 2.24) is 10.2 Å². The zero-order valence-electron chi connectivity index (χ0n) is 21.5. The highest BCUT2D eigenvalue weighted by Gasteiger charge is 2.49. The Balaban J connectivity index is 1.66. The molecule has 1 heterocycles. The van der Waals surface area contributed by atoms with Gasteiger partial charge in [0.15, 0.2) is 10.8 Å². The first-order valence-corrected chi connectivity index (χ1v) is 12.4. The molecule has 2 aromatic rings. The quantitative estimate of drug-likeness (QED) is 0.227. The molecule has 1 aliphatic rings. The summed E-state index contributed by atoms with van der Waals surface area (Å²) in [5.41, 5.74) is -1.53. The number of benzene rings is 2. The van der Waals surface area contributed by atoms with E-state index in [1.165, 1.54) is 6.07 Å². The van der Waals surface area contributed by atoms with E-state index in [1.54, 1.807) is 18.7 Å². The zero-order valence-corrected chi connectivity index (χ0v) is 22.3. The summed E-state index contributed by atoms with van der Waals surface area (Å²) in [5, 5.41) is 3.57. The lowest BCUT2D eigenvalue weighted by atomic mass is 10.0. The summed E-state index contributed by atoms with van der Waals surface area (Å²) in [6, 6.07) is 11.6. The van der Waals surface area contributed by atoms with Crippen LogP contribution in [-0.2, 0) is 11.0 Å². The third-order valence-electron chi connectivity index (χ3n) is 6.25. The zero-order chi connectivity index (χ0) is 27.5. The van der Waals surface area contributed by atoms with Crippen LogP contribution < -0.4 is 15.0 Å². The van der Waals surface area contributed by atoms with E-state index < -0.39 is 28.9 Å². The summed E-state index contributed by atoms with van der Waals surface area (Å²) in [5.74, 6) is 0.294. The average molecular weight is 533 g/mol. The lowest BCUT2D eigenvalue weighted by Crippen LogP contribution is -2.44. The standard InChI is InChI=1S/C27H31F3N4O2S/c1-17(2)32-18(3)19-8-11-21(12-9-19)36-15-7-14-33-25(37)34(24(35)26(33,4)5)20-10-13-23(31-6)22(16-20)27(28,29)30/h8-13,16-18,32H,7,14-15H2,1-5H3. The monoisotopic (exact) mass is 532 g/mol. The molecule has 1 atom stereocenters. The third-order valence-corrected chi connectivity index (χ3v) is 6.65. The smallest absolute Gasteiger partial charge is 0.407 e. The van der Waals surface area contributed by atoms with Gasteiger partial charge in [-0.15, -0.1) is 0 Å². The fourth-order valence-electron chi connectivity index (χ4n) is 4.29. The van der Waals surface area contributed by atoms with Gasteiger partial charge in [-0.3, -0.25) is 9.69 Å². The van der Waals surface area contributed by atoms with Crippen LogP contribution >= 0.6 is 12.2 Å². The summed E-state index contributed by atoms with van der Waals surface area (Å²) >= 11 is 5.52. The summed E-state index contributed by atoms with van der Waals surface area (Å²) in [7, 11) is 0. The minimum atomic E-state index is -4.73. The Morgan fingerprint density at radius 1 is 1.14 bits per heavy atom. The van der Waals surface area contributed by atoms with E-state index in [0.717, 1.165) is 28.3 Å². The molecule has 0 aromatic heterocycles. The van der Waals surface area contributed by atoms with Crippen LogP contribution in [-0.4, -0.2) is 40.7 Å². The van der Waals surface area contributed by atoms with Crippen molar-refractivity contribution in [1.29, 1.82) is 0 Å². The number of thiocarbonyl (C=S) groups is 1. The number of anilines is 1. The second-order valence-corrected chi connectivity index (χ2v) is 10.1. The Morgan fingerprint density at radius 3 is 2.35 bits per heavy atom. The molecule has 0 aliphatic carbocycles. The van der Waals surface area contributed by atoms with Crippen LogP contribution in [0.25, 0.3) is 4.85 Å². The molecule has 2 aromatic carbocycles. The predicted octanol–water partition coefficient (Wildman–Crippen LogP) is 6.50. The first-order valence-electron chi connectivity index (χ1n) is 12.0. The van der Waals surface area contributed by atoms with E-state index >= 15 is 0 Å². The summed E-state index contributed by atoms with van der Waals surface area (Å²) < 4.78 is 46.3. The van der Waals surface area contributed by atoms with E-state index in [9.17, 15) is 18.0 Å². The summed E-state index contributed by atoms with van der Waals surface area (Å²) in [4.78, 5) is 19.0. The van der Waals surface area contributed by atoms with Crippen molar-refractivity contribution in [3.05, 3.63) is 65.0 Å². The lowest BCUT2D eigenvalue weighted by Gasteiger charge is -2.29. The Labute approximate surface area is 221 Å². The number of nitrogens with one attached hydrogen (secondary N) is 1. The molecule has 10 heteroatoms. The highest BCUT2D eigenvalue weighted by molar-refractivity contribution is 7.80. The maximum Gasteiger partial charge on any atom is 0.407 e. The molecule has 1 unspecified atom stereocenters. The molecular formula is C27H31F3N4O2S. The molecule has 3 rings (SSSR count). The van der Waals surface area contributed by atoms with Crippen LogP contribution in [0, 0.1) is 6.57 Å². The minimum absolute atomic E-state index is 0.0113. The van der Waals surface area contributed by atoms with Crippen LogP contribution in [0.4, 0.5) is 24.5 Å². The molecule has 1 saturated heterocycles. The number of rotatable bonds is 9. The Kier molecular flexibility index (Phi) is 8.50. The molecule has 1 N–H and O–H groups in total. The van der Waals surface area contributed by atoms with Gasteiger partial charge in [-0.25, -0.2) is 4.85 Å². The first kappa shape index (κ1) is 28.4. The van der Waals surface area contributed by atoms with E-state index in [-0.39, 0.29) is 16.8 Å². The van der Waals surface area contributed by atoms with Gasteiger partial charge in [0.2, 0.25) is 0 Å². The molecule has 0 spiro atoms. The number of carbonyl (C=O) groups is 1. The average Bonchev–Trinajstić information content (AvgIpc) is 2.99. The Bertz CT molecular complexity index is 1190. The van der Waals surface area contributed by atoms with Crippen molar-refractivity contribution < 1.29 is 22.7 Å². The van der Waals surface area contributed by atoms with Gasteiger partial charge in [0.25, 0.3) is 5.91 Å². The molecule has 0 radical (unpaired) electrons. The number of hydrogen-bond acceptors (Lipinski definition) is 4. The number of hydrogen-bond donors (Lipinski definition) is 1. The van der Waals surface area contributed by atoms with Gasteiger partial charge in [0.05, 0.1) is 18.7 Å². The van der Waals surface area contributed by atoms with Crippen LogP contribution in [0.1, 0.15) is 58.2 Å². The van der Waals surface area contributed by atoms with E-state index in [2.05, 4.69) is 30.9 Å². The third kappa shape index (κ3) is 6.22. The first-order chi connectivity index (χ1) is 17.3. The SMILES string of the molecule is [C-]#[N+]c1ccc(N2C(=O)C(C)(C)N(CCCOc3ccc(C(C)NC(C)C)cc3)C2=S)cc1C(F)(F)F. The van der Waals surface area contributed by atoms with Crippen molar-refractivity contribution in [3.63, 3.8) is 0 Å². The van der Waals surface area contributed by atoms with E-state index in [1.807, 2.05) is 24.3 Å². The minimum Gasteiger partial charge on any atom is -0.494 e. The molecule has 1 aliphatic heterocycles. The maximum atomic E-state index is 13.5. The molecule has 0 bridgehead atoms. The number of alkyl halides is 3. The van der Waals surface area contributed by atoms with Crippen LogP contribution in [0.15, 0.2) is 42.5 Å². The second-order valence-electron chi connectivity index (χ2n) is 9.76. The molecule has 6 nitrogen and oxygen atoms in total. The summed E-state index contributed by atoms with van der Waals surface area (Å²) in [6.07, 6.45) is -4.18. The van der Waals surface area contributed by atoms with Gasteiger partial charge in [-0.05, 0) is 69.2 Å². The Morgan fingerprint density at radius 2 is 1.78 bits per heavy atom. The molecule has 1 amide bonds. The fraction of sp³-hybridized carbons (Fsp3) is 0.444. The maximum absolute atomic E-state index is 13.5. The van der Waals surface area contributed by atoms with Crippen LogP contribution in [0.2, 0.25) is 0 Å². The van der Waals surface area contributed by atoms with Gasteiger partial charge in [-0.2, -0.15) is 13.2 Å². The van der Waals surface area contributed by atoms with Crippen molar-refractivity contribution in [2.45, 2.75) is 64.8 Å². The van der Waals surface area contributed by atoms with Gasteiger partial charge >= 0.3 is 6.18 Å². The summed E-state index contributed by atoms with van der Waals surface area (Å²) in [6.45, 7) is 17.4. The van der Waals surface area contributed by atoms with E-state index in [0.29, 0.717) is 25.6 Å². The topological polar surface area (TPSA) is 49.2 Å². The van der Waals surface area contributed by atoms with Gasteiger partial charge < -0.3 is 15.0 Å². The lowest BCUT2D eigenvalue weighted by molar-refractivity contribution is -0.136. The molecule has 198 valence electrons. The number of amides is 1. The highest BCUT2D eigenvalue weighted by atomic mass is 32.1. The highest BCUT2D eigenvalue weighted by Crippen LogP contribution is 2.40.